The second-order valence-electron chi connectivity index (χ2n) is 18.8. The van der Waals surface area contributed by atoms with Gasteiger partial charge in [-0.25, -0.2) is 44.3 Å². The van der Waals surface area contributed by atoms with Gasteiger partial charge in [0.2, 0.25) is 0 Å². The van der Waals surface area contributed by atoms with Crippen LogP contribution in [0.1, 0.15) is 51.8 Å². The maximum Gasteiger partial charge on any atom is 1.00 e. The summed E-state index contributed by atoms with van der Waals surface area (Å²) in [6.07, 6.45) is 1.51. The quantitative estimate of drug-likeness (QED) is 0.0448. The molecule has 3 fully saturated rings. The average Bonchev–Trinajstić information content (AvgIpc) is 1.64. The number of nitrogens with one attached hydrogen (secondary N) is 1. The summed E-state index contributed by atoms with van der Waals surface area (Å²) in [6.45, 7) is 4.04. The van der Waals surface area contributed by atoms with Crippen LogP contribution in [0.25, 0.3) is 66.9 Å². The van der Waals surface area contributed by atoms with Crippen molar-refractivity contribution in [3.63, 3.8) is 0 Å². The zero-order chi connectivity index (χ0) is 58.1. The number of carboxylic acids is 1. The molecule has 6 heterocycles. The number of ether oxygens (including phenoxy) is 2. The molecule has 5 N–H and O–H groups in total. The van der Waals surface area contributed by atoms with Crippen LogP contribution in [-0.4, -0.2) is 147 Å². The Balaban J connectivity index is 0.000000251. The number of hydrogen-bond donors (Lipinski definition) is 5. The number of rotatable bonds is 9. The van der Waals surface area contributed by atoms with Crippen LogP contribution in [0.15, 0.2) is 150 Å². The van der Waals surface area contributed by atoms with Gasteiger partial charge in [-0.2, -0.15) is 0 Å². The van der Waals surface area contributed by atoms with Gasteiger partial charge in [0.05, 0.1) is 82.3 Å². The summed E-state index contributed by atoms with van der Waals surface area (Å²) in [5.74, 6) is -0.380. The maximum absolute atomic E-state index is 11.8. The molecule has 0 radical (unpaired) electrons. The van der Waals surface area contributed by atoms with E-state index in [0.717, 1.165) is 71.2 Å². The fourth-order valence-electron chi connectivity index (χ4n) is 9.05. The summed E-state index contributed by atoms with van der Waals surface area (Å²) in [6, 6.07) is 44.5. The van der Waals surface area contributed by atoms with Gasteiger partial charge in [-0.15, -0.1) is 12.4 Å². The minimum atomic E-state index is -0.992. The molecule has 3 saturated heterocycles. The van der Waals surface area contributed by atoms with Gasteiger partial charge in [0.15, 0.2) is 11.6 Å². The third-order valence-electron chi connectivity index (χ3n) is 13.1. The topological polar surface area (TPSA) is 296 Å². The number of aliphatic hydroxyl groups is 3. The Hall–Kier alpha value is -5.34. The van der Waals surface area contributed by atoms with Crippen LogP contribution >= 0.6 is 28.3 Å². The monoisotopic (exact) mass is 1290 g/mol. The van der Waals surface area contributed by atoms with E-state index >= 15 is 0 Å². The van der Waals surface area contributed by atoms with Crippen molar-refractivity contribution in [2.24, 2.45) is 0 Å². The molecule has 3 aliphatic rings. The Labute approximate surface area is 590 Å². The maximum atomic E-state index is 11.8. The molecular formula is C60H59BrClK2N9O12. The molecule has 6 aromatic carbocycles. The third kappa shape index (κ3) is 19.1. The number of aliphatic hydroxyl groups excluding tert-OH is 3. The van der Waals surface area contributed by atoms with Crippen molar-refractivity contribution in [2.75, 3.05) is 63.3 Å². The molecule has 432 valence electrons. The molecule has 0 aliphatic carbocycles. The van der Waals surface area contributed by atoms with Crippen molar-refractivity contribution < 1.29 is 163 Å². The first kappa shape index (κ1) is 70.4. The van der Waals surface area contributed by atoms with Crippen molar-refractivity contribution in [3.05, 3.63) is 167 Å². The molecule has 12 rings (SSSR count). The Morgan fingerprint density at radius 1 is 0.565 bits per heavy atom. The van der Waals surface area contributed by atoms with Gasteiger partial charge in [0.1, 0.15) is 21.7 Å². The number of halogens is 2. The van der Waals surface area contributed by atoms with E-state index in [0.29, 0.717) is 81.6 Å². The Morgan fingerprint density at radius 2 is 0.941 bits per heavy atom. The minimum Gasteiger partial charge on any atom is -1.00 e. The van der Waals surface area contributed by atoms with Crippen molar-refractivity contribution in [1.82, 2.24) is 35.2 Å². The van der Waals surface area contributed by atoms with Crippen LogP contribution < -0.4 is 123 Å². The first-order chi connectivity index (χ1) is 39.8. The van der Waals surface area contributed by atoms with Gasteiger partial charge in [-0.3, -0.25) is 4.79 Å². The number of β-amino-alcohol motifs (C(OH)–C–C–N with tert-alkyl or cyclic N) is 3. The number of methoxy groups -OCH3 is 2. The van der Waals surface area contributed by atoms with Crippen LogP contribution in [0.5, 0.6) is 0 Å². The summed E-state index contributed by atoms with van der Waals surface area (Å²) < 4.78 is 10.1. The number of fused-ring (bicyclic) bond motifs is 3. The largest absolute Gasteiger partial charge is 1.00 e. The summed E-state index contributed by atoms with van der Waals surface area (Å²) in [4.78, 5) is 78.0. The van der Waals surface area contributed by atoms with Gasteiger partial charge in [0, 0.05) is 49.4 Å². The van der Waals surface area contributed by atoms with Gasteiger partial charge in [-0.1, -0.05) is 91.0 Å². The van der Waals surface area contributed by atoms with E-state index < -0.39 is 11.9 Å². The molecule has 3 aromatic heterocycles. The fourth-order valence-corrected chi connectivity index (χ4v) is 9.56. The van der Waals surface area contributed by atoms with Crippen molar-refractivity contribution >= 4 is 97.5 Å². The Bertz CT molecular complexity index is 3690. The van der Waals surface area contributed by atoms with E-state index in [1.54, 1.807) is 42.5 Å². The van der Waals surface area contributed by atoms with Crippen LogP contribution in [0, 0.1) is 0 Å². The zero-order valence-corrected chi connectivity index (χ0v) is 55.6. The molecular weight excluding hydrogens is 1230 g/mol. The number of aromatic nitrogens is 6. The van der Waals surface area contributed by atoms with Crippen LogP contribution in [0.3, 0.4) is 0 Å². The number of nitrogens with zero attached hydrogens (tertiary/aromatic N) is 8. The second-order valence-corrected chi connectivity index (χ2v) is 19.5. The molecule has 0 saturated carbocycles. The fraction of sp³-hybridized carbons (Fsp3) is 0.233. The molecule has 0 unspecified atom stereocenters. The molecule has 85 heavy (non-hydrogen) atoms. The summed E-state index contributed by atoms with van der Waals surface area (Å²) >= 11 is 3.44. The molecule has 0 amide bonds. The number of aromatic carboxylic acids is 1. The number of hydrogen-bond acceptors (Lipinski definition) is 20. The number of carbonyl (C=O) groups excluding carboxylic acids is 3. The van der Waals surface area contributed by atoms with Gasteiger partial charge in [0.25, 0.3) is 6.47 Å². The van der Waals surface area contributed by atoms with E-state index in [2.05, 4.69) is 36.1 Å². The van der Waals surface area contributed by atoms with E-state index in [1.165, 1.54) is 26.4 Å². The van der Waals surface area contributed by atoms with E-state index in [-0.39, 0.29) is 153 Å². The van der Waals surface area contributed by atoms with E-state index in [9.17, 15) is 29.7 Å². The predicted molar refractivity (Wildman–Crippen MR) is 317 cm³/mol. The average molecular weight is 1290 g/mol. The molecule has 0 spiro atoms. The summed E-state index contributed by atoms with van der Waals surface area (Å²) in [5.41, 5.74) is 10.1. The smallest absolute Gasteiger partial charge is 1.00 e. The minimum absolute atomic E-state index is 0. The standard InChI is InChI=1S/C20H19N3O3.C19H17N3O3.C16H11BrN2O2.C4H9NO.CH2O3.ClH.2K.H/c1-26-20(25)14-7-8-16-17(11-14)22-19(23-10-9-15(24)12-23)18(21-16)13-5-3-2-4-6-13;23-14-8-9-22(11-14)18-17(12-4-2-1-3-5-12)20-15-7-6-13(19(24)25)10-16(15)21-18;1-21-16(20)11-7-8-12-13(9-11)19-15(17)14(18-12)10-5-3-2-4-6-10;6-4-1-2-5-3-4;2-1-4-3;;;;/h2-8,11,15,24H,9-10,12H2,1H3;1-7,10,14,23H,8-9,11H2,(H,24,25);2-9H,1H3;4-6H,1-3H2;1,3H;1H;;;/q;;;;;;2*+1;-1/p-1/t15-;14-;;4-;;;;;/m11.1...../s1. The third-order valence-corrected chi connectivity index (χ3v) is 13.7. The zero-order valence-electron chi connectivity index (χ0n) is 47.9. The number of carbonyl (C=O) groups is 4. The number of carboxylic acid groups (broad SMARTS) is 1. The van der Waals surface area contributed by atoms with Gasteiger partial charge < -0.3 is 56.6 Å². The summed E-state index contributed by atoms with van der Waals surface area (Å²) in [7, 11) is 2.71. The Kier molecular flexibility index (Phi) is 28.9. The van der Waals surface area contributed by atoms with Crippen LogP contribution in [0.4, 0.5) is 11.6 Å². The van der Waals surface area contributed by atoms with Crippen LogP contribution in [-0.2, 0) is 19.2 Å². The summed E-state index contributed by atoms with van der Waals surface area (Å²) in [5, 5.41) is 49.1. The molecule has 25 heteroatoms. The second kappa shape index (κ2) is 34.9. The molecule has 0 bridgehead atoms. The van der Waals surface area contributed by atoms with E-state index in [4.69, 9.17) is 44.6 Å². The SMILES string of the molecule is COC(=O)c1ccc2nc(-c3ccccc3)c(Br)nc2c1.COC(=O)c1ccc2nc(-c3ccccc3)c(N3CC[C@@H](O)C3)nc2c1.Cl.O=C(O)c1ccc2nc(-c3ccccc3)c(N3CC[C@@H](O)C3)nc2c1.O=CO[O-].O[C@@H]1CCNC1.[H-].[K+].[K+]. The first-order valence-electron chi connectivity index (χ1n) is 25.9. The molecule has 3 aliphatic heterocycles. The van der Waals surface area contributed by atoms with Crippen LogP contribution in [0.2, 0.25) is 0 Å². The van der Waals surface area contributed by atoms with E-state index in [1.807, 2.05) is 101 Å². The van der Waals surface area contributed by atoms with Crippen molar-refractivity contribution in [2.45, 2.75) is 37.6 Å². The normalized spacial score (nSPS) is 15.5. The van der Waals surface area contributed by atoms with Crippen molar-refractivity contribution in [3.8, 4) is 33.8 Å². The molecule has 3 atom stereocenters. The molecule has 9 aromatic rings. The number of esters is 2. The van der Waals surface area contributed by atoms with Gasteiger partial charge in [-0.05, 0) is 96.3 Å². The first-order valence-corrected chi connectivity index (χ1v) is 26.7. The predicted octanol–water partition coefficient (Wildman–Crippen LogP) is 1.38. The van der Waals surface area contributed by atoms with Crippen molar-refractivity contribution in [1.29, 1.82) is 0 Å². The number of anilines is 2. The van der Waals surface area contributed by atoms with Gasteiger partial charge >= 0.3 is 121 Å². The Morgan fingerprint density at radius 3 is 1.27 bits per heavy atom. The number of benzene rings is 6. The molecule has 21 nitrogen and oxygen atoms in total.